The van der Waals surface area contributed by atoms with Crippen molar-refractivity contribution < 1.29 is 19.2 Å². The molecule has 0 atom stereocenters. The van der Waals surface area contributed by atoms with E-state index < -0.39 is 4.92 Å². The molecule has 0 aliphatic carbocycles. The number of nitro groups is 1. The predicted octanol–water partition coefficient (Wildman–Crippen LogP) is 7.46. The van der Waals surface area contributed by atoms with Crippen molar-refractivity contribution in [2.75, 3.05) is 6.61 Å². The van der Waals surface area contributed by atoms with Gasteiger partial charge in [-0.05, 0) is 48.9 Å². The van der Waals surface area contributed by atoms with Gasteiger partial charge in [-0.3, -0.25) is 14.9 Å². The summed E-state index contributed by atoms with van der Waals surface area (Å²) in [6.07, 6.45) is 11.5. The lowest BCUT2D eigenvalue weighted by Gasteiger charge is -2.09. The average Bonchev–Trinajstić information content (AvgIpc) is 2.96. The molecule has 3 aromatic carbocycles. The summed E-state index contributed by atoms with van der Waals surface area (Å²) >= 11 is 0. The minimum Gasteiger partial charge on any atom is -0.494 e. The van der Waals surface area contributed by atoms with E-state index >= 15 is 0 Å². The number of para-hydroxylation sites is 2. The summed E-state index contributed by atoms with van der Waals surface area (Å²) in [6.45, 7) is 2.93. The molecule has 0 unspecified atom stereocenters. The second-order valence-electron chi connectivity index (χ2n) is 9.26. The number of nitro benzene ring substituents is 1. The number of hydrogen-bond donors (Lipinski definition) is 1. The number of rotatable bonds is 17. The van der Waals surface area contributed by atoms with Crippen LogP contribution in [0.3, 0.4) is 0 Å². The maximum Gasteiger partial charge on any atom is 0.276 e. The molecule has 39 heavy (non-hydrogen) atoms. The number of hydrogen-bond acceptors (Lipinski definition) is 6. The molecule has 1 amide bonds. The third kappa shape index (κ3) is 10.2. The van der Waals surface area contributed by atoms with E-state index in [0.717, 1.165) is 12.2 Å². The predicted molar refractivity (Wildman–Crippen MR) is 153 cm³/mol. The van der Waals surface area contributed by atoms with Crippen molar-refractivity contribution in [3.63, 3.8) is 0 Å². The second kappa shape index (κ2) is 16.6. The first-order valence-corrected chi connectivity index (χ1v) is 13.6. The van der Waals surface area contributed by atoms with Crippen molar-refractivity contribution in [1.29, 1.82) is 0 Å². The standard InChI is InChI=1S/C31H37N3O5/c1-2-3-4-5-6-7-8-13-22-38-28-20-18-25(19-21-28)31(35)33-32-23-26-14-10-12-17-30(26)39-24-27-15-9-11-16-29(27)34(36)37/h9-12,14-21,23H,2-8,13,22,24H2,1H3,(H,33,35)/b32-23-. The third-order valence-electron chi connectivity index (χ3n) is 6.24. The van der Waals surface area contributed by atoms with Gasteiger partial charge < -0.3 is 9.47 Å². The van der Waals surface area contributed by atoms with Crippen LogP contribution in [0.5, 0.6) is 11.5 Å². The zero-order valence-corrected chi connectivity index (χ0v) is 22.5. The number of ether oxygens (including phenoxy) is 2. The summed E-state index contributed by atoms with van der Waals surface area (Å²) in [5.41, 5.74) is 4.08. The Morgan fingerprint density at radius 2 is 1.54 bits per heavy atom. The fourth-order valence-corrected chi connectivity index (χ4v) is 4.04. The molecule has 0 saturated carbocycles. The number of carbonyl (C=O) groups excluding carboxylic acids is 1. The number of carbonyl (C=O) groups is 1. The van der Waals surface area contributed by atoms with E-state index in [1.807, 2.05) is 6.07 Å². The number of unbranched alkanes of at least 4 members (excludes halogenated alkanes) is 7. The summed E-state index contributed by atoms with van der Waals surface area (Å²) in [7, 11) is 0. The van der Waals surface area contributed by atoms with Gasteiger partial charge in [-0.1, -0.05) is 76.1 Å². The van der Waals surface area contributed by atoms with Gasteiger partial charge in [0.2, 0.25) is 0 Å². The van der Waals surface area contributed by atoms with Crippen LogP contribution < -0.4 is 14.9 Å². The summed E-state index contributed by atoms with van der Waals surface area (Å²) in [4.78, 5) is 23.3. The van der Waals surface area contributed by atoms with Crippen LogP contribution in [0.25, 0.3) is 0 Å². The molecule has 8 heteroatoms. The minimum absolute atomic E-state index is 0.000460. The first kappa shape index (κ1) is 29.4. The van der Waals surface area contributed by atoms with Gasteiger partial charge in [0.25, 0.3) is 11.6 Å². The largest absolute Gasteiger partial charge is 0.494 e. The van der Waals surface area contributed by atoms with Gasteiger partial charge in [0.15, 0.2) is 0 Å². The van der Waals surface area contributed by atoms with Crippen LogP contribution in [0, 0.1) is 10.1 Å². The molecular formula is C31H37N3O5. The monoisotopic (exact) mass is 531 g/mol. The highest BCUT2D eigenvalue weighted by atomic mass is 16.6. The molecule has 0 bridgehead atoms. The Morgan fingerprint density at radius 1 is 0.872 bits per heavy atom. The fraction of sp³-hybridized carbons (Fsp3) is 0.355. The molecule has 1 N–H and O–H groups in total. The number of nitrogens with zero attached hydrogens (tertiary/aromatic N) is 2. The highest BCUT2D eigenvalue weighted by Crippen LogP contribution is 2.22. The zero-order chi connectivity index (χ0) is 27.7. The molecule has 0 aliphatic rings. The Morgan fingerprint density at radius 3 is 2.28 bits per heavy atom. The van der Waals surface area contributed by atoms with Gasteiger partial charge in [-0.15, -0.1) is 0 Å². The summed E-state index contributed by atoms with van der Waals surface area (Å²) < 4.78 is 11.6. The van der Waals surface area contributed by atoms with Gasteiger partial charge in [0.05, 0.1) is 23.3 Å². The summed E-state index contributed by atoms with van der Waals surface area (Å²) in [5.74, 6) is 0.883. The lowest BCUT2D eigenvalue weighted by molar-refractivity contribution is -0.385. The van der Waals surface area contributed by atoms with Gasteiger partial charge in [-0.25, -0.2) is 5.43 Å². The SMILES string of the molecule is CCCCCCCCCCOc1ccc(C(=O)N/N=C\c2ccccc2OCc2ccccc2[N+](=O)[O-])cc1. The van der Waals surface area contributed by atoms with Gasteiger partial charge >= 0.3 is 0 Å². The Bertz CT molecular complexity index is 1210. The molecule has 0 spiro atoms. The van der Waals surface area contributed by atoms with Gasteiger partial charge in [-0.2, -0.15) is 5.10 Å². The van der Waals surface area contributed by atoms with E-state index in [-0.39, 0.29) is 18.2 Å². The van der Waals surface area contributed by atoms with Crippen molar-refractivity contribution in [2.45, 2.75) is 64.9 Å². The van der Waals surface area contributed by atoms with Crippen LogP contribution in [0.4, 0.5) is 5.69 Å². The van der Waals surface area contributed by atoms with Crippen molar-refractivity contribution in [2.24, 2.45) is 5.10 Å². The van der Waals surface area contributed by atoms with E-state index in [2.05, 4.69) is 17.5 Å². The zero-order valence-electron chi connectivity index (χ0n) is 22.5. The number of nitrogens with one attached hydrogen (secondary N) is 1. The first-order valence-electron chi connectivity index (χ1n) is 13.6. The second-order valence-corrected chi connectivity index (χ2v) is 9.26. The van der Waals surface area contributed by atoms with Crippen LogP contribution in [0.15, 0.2) is 77.9 Å². The van der Waals surface area contributed by atoms with Crippen LogP contribution in [-0.4, -0.2) is 23.7 Å². The van der Waals surface area contributed by atoms with Gasteiger partial charge in [0.1, 0.15) is 18.1 Å². The molecule has 206 valence electrons. The quantitative estimate of drug-likeness (QED) is 0.0843. The van der Waals surface area contributed by atoms with E-state index in [0.29, 0.717) is 29.0 Å². The molecule has 3 aromatic rings. The van der Waals surface area contributed by atoms with E-state index in [9.17, 15) is 14.9 Å². The molecule has 0 saturated heterocycles. The van der Waals surface area contributed by atoms with Crippen LogP contribution >= 0.6 is 0 Å². The van der Waals surface area contributed by atoms with Crippen molar-refractivity contribution in [3.8, 4) is 11.5 Å². The van der Waals surface area contributed by atoms with Crippen molar-refractivity contribution in [3.05, 3.63) is 99.6 Å². The van der Waals surface area contributed by atoms with E-state index in [1.165, 1.54) is 57.2 Å². The Labute approximate surface area is 230 Å². The van der Waals surface area contributed by atoms with Gasteiger partial charge in [0, 0.05) is 17.2 Å². The van der Waals surface area contributed by atoms with Crippen molar-refractivity contribution >= 4 is 17.8 Å². The lowest BCUT2D eigenvalue weighted by atomic mass is 10.1. The first-order chi connectivity index (χ1) is 19.1. The van der Waals surface area contributed by atoms with Crippen LogP contribution in [-0.2, 0) is 6.61 Å². The average molecular weight is 532 g/mol. The number of hydrazone groups is 1. The normalized spacial score (nSPS) is 10.9. The topological polar surface area (TPSA) is 103 Å². The molecule has 0 heterocycles. The third-order valence-corrected chi connectivity index (χ3v) is 6.24. The Balaban J connectivity index is 1.43. The molecule has 0 aromatic heterocycles. The molecule has 0 fully saturated rings. The summed E-state index contributed by atoms with van der Waals surface area (Å²) in [6, 6.07) is 20.6. The minimum atomic E-state index is -0.433. The molecule has 0 radical (unpaired) electrons. The maximum absolute atomic E-state index is 12.5. The van der Waals surface area contributed by atoms with Crippen molar-refractivity contribution in [1.82, 2.24) is 5.43 Å². The number of benzene rings is 3. The van der Waals surface area contributed by atoms with Crippen LogP contribution in [0.1, 0.15) is 79.8 Å². The maximum atomic E-state index is 12.5. The highest BCUT2D eigenvalue weighted by Gasteiger charge is 2.13. The highest BCUT2D eigenvalue weighted by molar-refractivity contribution is 5.95. The van der Waals surface area contributed by atoms with E-state index in [4.69, 9.17) is 9.47 Å². The molecule has 8 nitrogen and oxygen atoms in total. The molecule has 3 rings (SSSR count). The Kier molecular flexibility index (Phi) is 12.5. The van der Waals surface area contributed by atoms with E-state index in [1.54, 1.807) is 60.7 Å². The molecule has 0 aliphatic heterocycles. The smallest absolute Gasteiger partial charge is 0.276 e. The molecular weight excluding hydrogens is 494 g/mol. The Hall–Kier alpha value is -4.20. The fourth-order valence-electron chi connectivity index (χ4n) is 4.04. The van der Waals surface area contributed by atoms with Crippen LogP contribution in [0.2, 0.25) is 0 Å². The lowest BCUT2D eigenvalue weighted by Crippen LogP contribution is -2.17. The summed E-state index contributed by atoms with van der Waals surface area (Å²) in [5, 5.41) is 15.3. The number of amides is 1.